The quantitative estimate of drug-likeness (QED) is 0.770. The summed E-state index contributed by atoms with van der Waals surface area (Å²) in [4.78, 5) is 17.1. The van der Waals surface area contributed by atoms with Crippen LogP contribution in [0.3, 0.4) is 0 Å². The summed E-state index contributed by atoms with van der Waals surface area (Å²) in [5.41, 5.74) is 1.63. The van der Waals surface area contributed by atoms with E-state index < -0.39 is 5.41 Å². The van der Waals surface area contributed by atoms with Crippen molar-refractivity contribution >= 4 is 11.6 Å². The average molecular weight is 366 g/mol. The van der Waals surface area contributed by atoms with E-state index in [2.05, 4.69) is 15.4 Å². The van der Waals surface area contributed by atoms with E-state index in [-0.39, 0.29) is 11.7 Å². The Labute approximate surface area is 156 Å². The van der Waals surface area contributed by atoms with E-state index in [0.29, 0.717) is 31.7 Å². The van der Waals surface area contributed by atoms with Crippen molar-refractivity contribution in [2.75, 3.05) is 18.5 Å². The lowest BCUT2D eigenvalue weighted by Gasteiger charge is -2.36. The topological polar surface area (TPSA) is 69.0 Å². The summed E-state index contributed by atoms with van der Waals surface area (Å²) in [6.07, 6.45) is 4.19. The van der Waals surface area contributed by atoms with Crippen LogP contribution in [0, 0.1) is 5.82 Å². The summed E-state index contributed by atoms with van der Waals surface area (Å²) in [5, 5.41) is 7.09. The van der Waals surface area contributed by atoms with Crippen LogP contribution in [0.25, 0.3) is 5.69 Å². The Morgan fingerprint density at radius 2 is 1.78 bits per heavy atom. The zero-order valence-corrected chi connectivity index (χ0v) is 14.6. The molecular weight excluding hydrogens is 347 g/mol. The fraction of sp³-hybridized carbons (Fsp3) is 0.250. The van der Waals surface area contributed by atoms with Gasteiger partial charge in [0.05, 0.1) is 11.1 Å². The number of aromatic nitrogens is 3. The minimum atomic E-state index is -0.726. The summed E-state index contributed by atoms with van der Waals surface area (Å²) in [6, 6.07) is 13.5. The van der Waals surface area contributed by atoms with Crippen LogP contribution in [0.5, 0.6) is 0 Å². The molecule has 1 aliphatic rings. The maximum Gasteiger partial charge on any atom is 0.235 e. The molecule has 7 heteroatoms. The number of ether oxygens (including phenoxy) is 1. The maximum atomic E-state index is 13.3. The third-order valence-corrected chi connectivity index (χ3v) is 4.99. The molecule has 0 atom stereocenters. The fourth-order valence-corrected chi connectivity index (χ4v) is 3.43. The maximum absolute atomic E-state index is 13.3. The van der Waals surface area contributed by atoms with Gasteiger partial charge in [0.15, 0.2) is 0 Å². The molecular formula is C20H19FN4O2. The van der Waals surface area contributed by atoms with Gasteiger partial charge in [0.2, 0.25) is 5.91 Å². The second-order valence-corrected chi connectivity index (χ2v) is 6.54. The minimum absolute atomic E-state index is 0.106. The smallest absolute Gasteiger partial charge is 0.235 e. The van der Waals surface area contributed by atoms with Crippen LogP contribution in [-0.4, -0.2) is 33.9 Å². The molecule has 0 bridgehead atoms. The molecule has 2 aromatic carbocycles. The Balaban J connectivity index is 1.58. The molecule has 138 valence electrons. The van der Waals surface area contributed by atoms with Gasteiger partial charge in [-0.2, -0.15) is 5.10 Å². The molecule has 1 N–H and O–H groups in total. The highest BCUT2D eigenvalue weighted by Gasteiger charge is 2.41. The van der Waals surface area contributed by atoms with Gasteiger partial charge >= 0.3 is 0 Å². The highest BCUT2D eigenvalue weighted by molar-refractivity contribution is 5.99. The Hall–Kier alpha value is -3.06. The predicted molar refractivity (Wildman–Crippen MR) is 98.1 cm³/mol. The van der Waals surface area contributed by atoms with Gasteiger partial charge in [0.25, 0.3) is 0 Å². The summed E-state index contributed by atoms with van der Waals surface area (Å²) >= 11 is 0. The van der Waals surface area contributed by atoms with Crippen LogP contribution >= 0.6 is 0 Å². The molecule has 6 nitrogen and oxygen atoms in total. The summed E-state index contributed by atoms with van der Waals surface area (Å²) in [5.74, 6) is -0.420. The van der Waals surface area contributed by atoms with E-state index in [1.807, 2.05) is 24.3 Å². The van der Waals surface area contributed by atoms with Gasteiger partial charge in [-0.25, -0.2) is 14.1 Å². The van der Waals surface area contributed by atoms with Gasteiger partial charge in [-0.05, 0) is 54.8 Å². The Morgan fingerprint density at radius 3 is 2.41 bits per heavy atom. The largest absolute Gasteiger partial charge is 0.381 e. The molecule has 3 aromatic rings. The number of carbonyl (C=O) groups excluding carboxylic acids is 1. The van der Waals surface area contributed by atoms with Crippen molar-refractivity contribution in [1.82, 2.24) is 14.8 Å². The Kier molecular flexibility index (Phi) is 4.68. The lowest BCUT2D eigenvalue weighted by atomic mass is 9.73. The normalized spacial score (nSPS) is 16.0. The predicted octanol–water partition coefficient (Wildman–Crippen LogP) is 3.09. The number of amides is 1. The highest BCUT2D eigenvalue weighted by atomic mass is 19.1. The van der Waals surface area contributed by atoms with E-state index in [9.17, 15) is 9.18 Å². The molecule has 1 aliphatic heterocycles. The average Bonchev–Trinajstić information content (AvgIpc) is 3.24. The monoisotopic (exact) mass is 366 g/mol. The fourth-order valence-electron chi connectivity index (χ4n) is 3.43. The van der Waals surface area contributed by atoms with Gasteiger partial charge in [-0.3, -0.25) is 4.79 Å². The number of anilines is 1. The molecule has 1 saturated heterocycles. The summed E-state index contributed by atoms with van der Waals surface area (Å²) in [7, 11) is 0. The van der Waals surface area contributed by atoms with Crippen molar-refractivity contribution in [2.24, 2.45) is 0 Å². The number of carbonyl (C=O) groups is 1. The van der Waals surface area contributed by atoms with Crippen LogP contribution in [0.15, 0.2) is 61.2 Å². The van der Waals surface area contributed by atoms with Gasteiger partial charge < -0.3 is 10.1 Å². The van der Waals surface area contributed by atoms with E-state index >= 15 is 0 Å². The highest BCUT2D eigenvalue weighted by Crippen LogP contribution is 2.36. The number of hydrogen-bond acceptors (Lipinski definition) is 4. The summed E-state index contributed by atoms with van der Waals surface area (Å²) < 4.78 is 20.4. The molecule has 0 radical (unpaired) electrons. The third kappa shape index (κ3) is 3.46. The minimum Gasteiger partial charge on any atom is -0.381 e. The molecule has 1 aromatic heterocycles. The van der Waals surface area contributed by atoms with Crippen molar-refractivity contribution in [2.45, 2.75) is 18.3 Å². The first-order chi connectivity index (χ1) is 13.2. The molecule has 1 fully saturated rings. The van der Waals surface area contributed by atoms with Crippen molar-refractivity contribution in [1.29, 1.82) is 0 Å². The first kappa shape index (κ1) is 17.4. The van der Waals surface area contributed by atoms with Crippen LogP contribution < -0.4 is 5.32 Å². The Morgan fingerprint density at radius 1 is 1.07 bits per heavy atom. The second kappa shape index (κ2) is 7.28. The van der Waals surface area contributed by atoms with Crippen molar-refractivity contribution in [3.63, 3.8) is 0 Å². The van der Waals surface area contributed by atoms with E-state index in [1.165, 1.54) is 18.5 Å². The van der Waals surface area contributed by atoms with Gasteiger partial charge in [0, 0.05) is 18.9 Å². The summed E-state index contributed by atoms with van der Waals surface area (Å²) in [6.45, 7) is 0.992. The van der Waals surface area contributed by atoms with Crippen molar-refractivity contribution in [3.8, 4) is 5.69 Å². The van der Waals surface area contributed by atoms with Gasteiger partial charge in [-0.15, -0.1) is 0 Å². The van der Waals surface area contributed by atoms with Crippen molar-refractivity contribution in [3.05, 3.63) is 72.6 Å². The zero-order chi connectivity index (χ0) is 18.7. The Bertz CT molecular complexity index is 902. The zero-order valence-electron chi connectivity index (χ0n) is 14.6. The van der Waals surface area contributed by atoms with E-state index in [1.54, 1.807) is 23.1 Å². The first-order valence-electron chi connectivity index (χ1n) is 8.78. The number of halogens is 1. The second-order valence-electron chi connectivity index (χ2n) is 6.54. The van der Waals surface area contributed by atoms with E-state index in [0.717, 1.165) is 11.3 Å². The number of hydrogen-bond donors (Lipinski definition) is 1. The molecule has 1 amide bonds. The van der Waals surface area contributed by atoms with Crippen LogP contribution in [-0.2, 0) is 14.9 Å². The molecule has 0 spiro atoms. The molecule has 27 heavy (non-hydrogen) atoms. The third-order valence-electron chi connectivity index (χ3n) is 4.99. The van der Waals surface area contributed by atoms with Crippen LogP contribution in [0.2, 0.25) is 0 Å². The molecule has 0 unspecified atom stereocenters. The molecule has 0 aliphatic carbocycles. The number of nitrogens with one attached hydrogen (secondary N) is 1. The number of rotatable bonds is 4. The molecule has 4 rings (SSSR count). The standard InChI is InChI=1S/C20H19FN4O2/c21-16-3-1-15(2-4-16)20(9-11-27-12-10-20)19(26)24-17-5-7-18(8-6-17)25-14-22-13-23-25/h1-8,13-14H,9-12H2,(H,24,26). The lowest BCUT2D eigenvalue weighted by Crippen LogP contribution is -2.44. The van der Waals surface area contributed by atoms with Crippen LogP contribution in [0.4, 0.5) is 10.1 Å². The lowest BCUT2D eigenvalue weighted by molar-refractivity contribution is -0.125. The SMILES string of the molecule is O=C(Nc1ccc(-n2cncn2)cc1)C1(c2ccc(F)cc2)CCOCC1. The van der Waals surface area contributed by atoms with Crippen LogP contribution in [0.1, 0.15) is 18.4 Å². The number of benzene rings is 2. The number of nitrogens with zero attached hydrogens (tertiary/aromatic N) is 3. The first-order valence-corrected chi connectivity index (χ1v) is 8.78. The van der Waals surface area contributed by atoms with E-state index in [4.69, 9.17) is 4.74 Å². The van der Waals surface area contributed by atoms with Gasteiger partial charge in [0.1, 0.15) is 18.5 Å². The molecule has 0 saturated carbocycles. The van der Waals surface area contributed by atoms with Crippen molar-refractivity contribution < 1.29 is 13.9 Å². The van der Waals surface area contributed by atoms with Gasteiger partial charge in [-0.1, -0.05) is 12.1 Å². The molecule has 2 heterocycles.